The molecule has 0 fully saturated rings. The lowest BCUT2D eigenvalue weighted by molar-refractivity contribution is 1.12. The second-order valence-corrected chi connectivity index (χ2v) is 6.65. The van der Waals surface area contributed by atoms with E-state index in [1.54, 1.807) is 0 Å². The van der Waals surface area contributed by atoms with Crippen LogP contribution in [0.2, 0.25) is 5.02 Å². The average Bonchev–Trinajstić information content (AvgIpc) is 2.35. The molecule has 1 unspecified atom stereocenters. The van der Waals surface area contributed by atoms with Crippen LogP contribution < -0.4 is 0 Å². The zero-order valence-electron chi connectivity index (χ0n) is 9.55. The minimum atomic E-state index is -0.227. The molecule has 0 saturated heterocycles. The van der Waals surface area contributed by atoms with Gasteiger partial charge in [0.2, 0.25) is 0 Å². The predicted molar refractivity (Wildman–Crippen MR) is 85.7 cm³/mol. The van der Waals surface area contributed by atoms with Crippen LogP contribution in [0.25, 0.3) is 0 Å². The maximum absolute atomic E-state index is 6.52. The summed E-state index contributed by atoms with van der Waals surface area (Å²) in [6.07, 6.45) is 0. The summed E-state index contributed by atoms with van der Waals surface area (Å²) in [7, 11) is 0. The van der Waals surface area contributed by atoms with Gasteiger partial charge >= 0.3 is 0 Å². The molecule has 4 heteroatoms. The van der Waals surface area contributed by atoms with Crippen molar-refractivity contribution < 1.29 is 0 Å². The molecule has 0 aliphatic rings. The van der Waals surface area contributed by atoms with E-state index >= 15 is 0 Å². The topological polar surface area (TPSA) is 0 Å². The van der Waals surface area contributed by atoms with Gasteiger partial charge in [-0.1, -0.05) is 55.6 Å². The number of aryl methyl sites for hydroxylation is 1. The predicted octanol–water partition coefficient (Wildman–Crippen LogP) is 6.50. The van der Waals surface area contributed by atoms with E-state index in [9.17, 15) is 0 Å². The lowest BCUT2D eigenvalue weighted by atomic mass is 10.0. The lowest BCUT2D eigenvalue weighted by Crippen LogP contribution is -1.95. The van der Waals surface area contributed by atoms with Crippen molar-refractivity contribution in [2.24, 2.45) is 0 Å². The molecule has 18 heavy (non-hydrogen) atoms. The molecule has 0 aliphatic heterocycles. The van der Waals surface area contributed by atoms with Crippen LogP contribution in [-0.2, 0) is 0 Å². The molecule has 0 nitrogen and oxygen atoms in total. The van der Waals surface area contributed by atoms with Gasteiger partial charge in [0.15, 0.2) is 0 Å². The Hall–Kier alpha value is -0.0200. The highest BCUT2D eigenvalue weighted by Crippen LogP contribution is 2.36. The first-order chi connectivity index (χ1) is 8.49. The molecule has 2 aromatic rings. The molecule has 0 heterocycles. The van der Waals surface area contributed by atoms with Crippen LogP contribution in [0.4, 0.5) is 0 Å². The molecule has 0 N–H and O–H groups in total. The SMILES string of the molecule is Cc1ccc(C(Cl)c2cc(Br)ccc2Br)cc1Cl. The summed E-state index contributed by atoms with van der Waals surface area (Å²) in [4.78, 5) is 0. The quantitative estimate of drug-likeness (QED) is 0.497. The van der Waals surface area contributed by atoms with E-state index < -0.39 is 0 Å². The van der Waals surface area contributed by atoms with Crippen LogP contribution in [0.1, 0.15) is 22.1 Å². The molecular formula is C14H10Br2Cl2. The van der Waals surface area contributed by atoms with Crippen LogP contribution in [0, 0.1) is 6.92 Å². The maximum Gasteiger partial charge on any atom is 0.0847 e. The maximum atomic E-state index is 6.52. The summed E-state index contributed by atoms with van der Waals surface area (Å²) in [5, 5.41) is 0.513. The Labute approximate surface area is 134 Å². The minimum absolute atomic E-state index is 0.227. The van der Waals surface area contributed by atoms with E-state index in [1.165, 1.54) is 0 Å². The first-order valence-corrected chi connectivity index (χ1v) is 7.74. The molecule has 0 aliphatic carbocycles. The Morgan fingerprint density at radius 1 is 1.06 bits per heavy atom. The third kappa shape index (κ3) is 3.11. The third-order valence-corrected chi connectivity index (χ3v) is 4.83. The van der Waals surface area contributed by atoms with E-state index in [0.717, 1.165) is 30.7 Å². The van der Waals surface area contributed by atoms with Gasteiger partial charge in [0.25, 0.3) is 0 Å². The fraction of sp³-hybridized carbons (Fsp3) is 0.143. The molecule has 0 bridgehead atoms. The second-order valence-electron chi connectivity index (χ2n) is 4.04. The second kappa shape index (κ2) is 5.96. The van der Waals surface area contributed by atoms with Crippen molar-refractivity contribution in [1.29, 1.82) is 0 Å². The highest BCUT2D eigenvalue weighted by molar-refractivity contribution is 9.11. The molecule has 0 spiro atoms. The molecule has 0 radical (unpaired) electrons. The Balaban J connectivity index is 2.44. The summed E-state index contributed by atoms with van der Waals surface area (Å²) >= 11 is 19.6. The van der Waals surface area contributed by atoms with E-state index in [2.05, 4.69) is 31.9 Å². The standard InChI is InChI=1S/C14H10Br2Cl2/c1-8-2-3-9(6-13(8)17)14(18)11-7-10(15)4-5-12(11)16/h2-7,14H,1H3. The average molecular weight is 409 g/mol. The zero-order chi connectivity index (χ0) is 13.3. The molecule has 1 atom stereocenters. The van der Waals surface area contributed by atoms with Gasteiger partial charge in [-0.2, -0.15) is 0 Å². The van der Waals surface area contributed by atoms with Crippen molar-refractivity contribution in [3.63, 3.8) is 0 Å². The minimum Gasteiger partial charge on any atom is -0.113 e. The largest absolute Gasteiger partial charge is 0.113 e. The normalized spacial score (nSPS) is 12.5. The van der Waals surface area contributed by atoms with Gasteiger partial charge in [0.1, 0.15) is 0 Å². The van der Waals surface area contributed by atoms with Crippen LogP contribution in [0.3, 0.4) is 0 Å². The lowest BCUT2D eigenvalue weighted by Gasteiger charge is -2.14. The fourth-order valence-electron chi connectivity index (χ4n) is 1.66. The Morgan fingerprint density at radius 2 is 1.78 bits per heavy atom. The van der Waals surface area contributed by atoms with E-state index in [0.29, 0.717) is 0 Å². The fourth-order valence-corrected chi connectivity index (χ4v) is 3.15. The molecule has 94 valence electrons. The monoisotopic (exact) mass is 406 g/mol. The number of rotatable bonds is 2. The van der Waals surface area contributed by atoms with Crippen LogP contribution in [-0.4, -0.2) is 0 Å². The molecule has 0 saturated carbocycles. The Kier molecular flexibility index (Phi) is 4.76. The van der Waals surface area contributed by atoms with E-state index in [-0.39, 0.29) is 5.38 Å². The van der Waals surface area contributed by atoms with Gasteiger partial charge < -0.3 is 0 Å². The van der Waals surface area contributed by atoms with E-state index in [1.807, 2.05) is 43.3 Å². The Bertz CT molecular complexity index is 582. The zero-order valence-corrected chi connectivity index (χ0v) is 14.2. The van der Waals surface area contributed by atoms with Crippen LogP contribution in [0.15, 0.2) is 45.3 Å². The van der Waals surface area contributed by atoms with Crippen LogP contribution in [0.5, 0.6) is 0 Å². The molecule has 0 amide bonds. The number of hydrogen-bond donors (Lipinski definition) is 0. The summed E-state index contributed by atoms with van der Waals surface area (Å²) in [5.41, 5.74) is 3.06. The molecule has 2 aromatic carbocycles. The summed E-state index contributed by atoms with van der Waals surface area (Å²) in [6.45, 7) is 1.98. The van der Waals surface area contributed by atoms with Crippen molar-refractivity contribution in [2.45, 2.75) is 12.3 Å². The summed E-state index contributed by atoms with van der Waals surface area (Å²) in [5.74, 6) is 0. The summed E-state index contributed by atoms with van der Waals surface area (Å²) < 4.78 is 1.99. The first kappa shape index (κ1) is 14.4. The van der Waals surface area contributed by atoms with Gasteiger partial charge in [-0.15, -0.1) is 11.6 Å². The third-order valence-electron chi connectivity index (χ3n) is 2.72. The smallest absolute Gasteiger partial charge is 0.0847 e. The highest BCUT2D eigenvalue weighted by Gasteiger charge is 2.15. The molecule has 0 aromatic heterocycles. The van der Waals surface area contributed by atoms with Gasteiger partial charge in [-0.05, 0) is 47.9 Å². The van der Waals surface area contributed by atoms with Crippen molar-refractivity contribution in [2.75, 3.05) is 0 Å². The van der Waals surface area contributed by atoms with E-state index in [4.69, 9.17) is 23.2 Å². The van der Waals surface area contributed by atoms with Crippen LogP contribution >= 0.6 is 55.1 Å². The van der Waals surface area contributed by atoms with Gasteiger partial charge in [-0.25, -0.2) is 0 Å². The van der Waals surface area contributed by atoms with Crippen molar-refractivity contribution in [1.82, 2.24) is 0 Å². The van der Waals surface area contributed by atoms with Crippen molar-refractivity contribution in [3.05, 3.63) is 67.1 Å². The first-order valence-electron chi connectivity index (χ1n) is 5.34. The number of halogens is 4. The Morgan fingerprint density at radius 3 is 2.44 bits per heavy atom. The number of hydrogen-bond acceptors (Lipinski definition) is 0. The number of alkyl halides is 1. The summed E-state index contributed by atoms with van der Waals surface area (Å²) in [6, 6.07) is 11.9. The number of benzene rings is 2. The van der Waals surface area contributed by atoms with Crippen molar-refractivity contribution >= 4 is 55.1 Å². The molecular weight excluding hydrogens is 399 g/mol. The van der Waals surface area contributed by atoms with Gasteiger partial charge in [0.05, 0.1) is 5.38 Å². The molecule has 2 rings (SSSR count). The van der Waals surface area contributed by atoms with Crippen molar-refractivity contribution in [3.8, 4) is 0 Å². The van der Waals surface area contributed by atoms with Gasteiger partial charge in [-0.3, -0.25) is 0 Å². The van der Waals surface area contributed by atoms with Gasteiger partial charge in [0, 0.05) is 14.0 Å². The highest BCUT2D eigenvalue weighted by atomic mass is 79.9.